The van der Waals surface area contributed by atoms with Crippen LogP contribution in [0, 0.1) is 0 Å². The van der Waals surface area contributed by atoms with E-state index >= 15 is 0 Å². The van der Waals surface area contributed by atoms with Crippen LogP contribution in [0.5, 0.6) is 0 Å². The summed E-state index contributed by atoms with van der Waals surface area (Å²) < 4.78 is 0. The van der Waals surface area contributed by atoms with Crippen LogP contribution in [-0.4, -0.2) is 30.8 Å². The van der Waals surface area contributed by atoms with Crippen LogP contribution >= 0.6 is 0 Å². The minimum absolute atomic E-state index is 0. The predicted molar refractivity (Wildman–Crippen MR) is 32.9 cm³/mol. The average Bonchev–Trinajstić information content (AvgIpc) is 2.59. The van der Waals surface area contributed by atoms with Gasteiger partial charge < -0.3 is 1.43 Å². The number of hydrogen-bond donors (Lipinski definition) is 2. The van der Waals surface area contributed by atoms with Crippen molar-refractivity contribution in [1.82, 2.24) is 30.8 Å². The molecular weight excluding hydrogens is 155 g/mol. The normalized spacial score (nSPS) is 9.09. The molecular formula is C4H5N6Na. The number of rotatable bonds is 1. The van der Waals surface area contributed by atoms with Gasteiger partial charge in [0, 0.05) is 6.20 Å². The second kappa shape index (κ2) is 3.61. The SMILES string of the molecule is [H-].[Na+].c1cc(-c2nn[nH]n2)[nH]n1. The number of nitrogens with zero attached hydrogens (tertiary/aromatic N) is 4. The van der Waals surface area contributed by atoms with E-state index in [0.29, 0.717) is 5.82 Å². The second-order valence-electron chi connectivity index (χ2n) is 1.71. The Bertz CT molecular complexity index is 259. The summed E-state index contributed by atoms with van der Waals surface area (Å²) in [6.07, 6.45) is 1.63. The Balaban J connectivity index is 0.000000605. The molecule has 2 aromatic rings. The number of aromatic nitrogens is 6. The van der Waals surface area contributed by atoms with Crippen LogP contribution in [0.4, 0.5) is 0 Å². The topological polar surface area (TPSA) is 83.1 Å². The molecule has 0 radical (unpaired) electrons. The maximum absolute atomic E-state index is 3.74. The van der Waals surface area contributed by atoms with E-state index in [0.717, 1.165) is 5.69 Å². The predicted octanol–water partition coefficient (Wildman–Crippen LogP) is -3.29. The third-order valence-corrected chi connectivity index (χ3v) is 1.09. The zero-order chi connectivity index (χ0) is 6.81. The standard InChI is InChI=1S/C4H4N6.Na.H/c1-2-5-6-3(1)4-7-9-10-8-4;;/h1-2H,(H,5,6)(H,7,8,9,10);;/q;+1;-1. The third-order valence-electron chi connectivity index (χ3n) is 1.09. The first kappa shape index (κ1) is 8.38. The van der Waals surface area contributed by atoms with Crippen molar-refractivity contribution in [2.75, 3.05) is 0 Å². The van der Waals surface area contributed by atoms with E-state index in [1.54, 1.807) is 12.3 Å². The molecule has 0 fully saturated rings. The van der Waals surface area contributed by atoms with E-state index in [4.69, 9.17) is 0 Å². The first-order valence-corrected chi connectivity index (χ1v) is 2.70. The summed E-state index contributed by atoms with van der Waals surface area (Å²) in [4.78, 5) is 0. The smallest absolute Gasteiger partial charge is 1.00 e. The van der Waals surface area contributed by atoms with E-state index in [-0.39, 0.29) is 31.0 Å². The number of hydrogen-bond acceptors (Lipinski definition) is 4. The largest absolute Gasteiger partial charge is 1.00 e. The van der Waals surface area contributed by atoms with Crippen molar-refractivity contribution in [2.24, 2.45) is 0 Å². The molecule has 11 heavy (non-hydrogen) atoms. The Morgan fingerprint density at radius 3 is 2.91 bits per heavy atom. The monoisotopic (exact) mass is 160 g/mol. The molecule has 0 aliphatic rings. The van der Waals surface area contributed by atoms with Gasteiger partial charge in [-0.25, -0.2) is 0 Å². The summed E-state index contributed by atoms with van der Waals surface area (Å²) in [7, 11) is 0. The Morgan fingerprint density at radius 2 is 2.36 bits per heavy atom. The Morgan fingerprint density at radius 1 is 1.45 bits per heavy atom. The van der Waals surface area contributed by atoms with Gasteiger partial charge >= 0.3 is 29.6 Å². The van der Waals surface area contributed by atoms with E-state index in [9.17, 15) is 0 Å². The van der Waals surface area contributed by atoms with Gasteiger partial charge in [0.25, 0.3) is 0 Å². The first-order chi connectivity index (χ1) is 4.97. The number of aromatic amines is 2. The van der Waals surface area contributed by atoms with Crippen molar-refractivity contribution in [1.29, 1.82) is 0 Å². The maximum atomic E-state index is 3.74. The number of H-pyrrole nitrogens is 2. The molecule has 0 aromatic carbocycles. The van der Waals surface area contributed by atoms with Gasteiger partial charge in [-0.2, -0.15) is 10.3 Å². The fourth-order valence-corrected chi connectivity index (χ4v) is 0.656. The van der Waals surface area contributed by atoms with Crippen molar-refractivity contribution in [3.63, 3.8) is 0 Å². The van der Waals surface area contributed by atoms with Gasteiger partial charge in [-0.1, -0.05) is 0 Å². The first-order valence-electron chi connectivity index (χ1n) is 2.70. The fourth-order valence-electron chi connectivity index (χ4n) is 0.656. The van der Waals surface area contributed by atoms with Gasteiger partial charge in [0.2, 0.25) is 5.82 Å². The molecule has 6 nitrogen and oxygen atoms in total. The molecule has 2 N–H and O–H groups in total. The van der Waals surface area contributed by atoms with Gasteiger partial charge in [0.15, 0.2) is 0 Å². The summed E-state index contributed by atoms with van der Waals surface area (Å²) in [5.74, 6) is 0.525. The van der Waals surface area contributed by atoms with Crippen molar-refractivity contribution in [3.8, 4) is 11.5 Å². The van der Waals surface area contributed by atoms with Crippen LogP contribution in [0.3, 0.4) is 0 Å². The minimum Gasteiger partial charge on any atom is -1.00 e. The Labute approximate surface area is 85.6 Å². The van der Waals surface area contributed by atoms with E-state index in [1.165, 1.54) is 0 Å². The molecule has 52 valence electrons. The van der Waals surface area contributed by atoms with Crippen LogP contribution in [0.25, 0.3) is 11.5 Å². The van der Waals surface area contributed by atoms with E-state index in [1.807, 2.05) is 0 Å². The van der Waals surface area contributed by atoms with Crippen molar-refractivity contribution in [3.05, 3.63) is 12.3 Å². The van der Waals surface area contributed by atoms with Crippen LogP contribution in [0.1, 0.15) is 1.43 Å². The number of nitrogens with one attached hydrogen (secondary N) is 2. The summed E-state index contributed by atoms with van der Waals surface area (Å²) in [6.45, 7) is 0. The summed E-state index contributed by atoms with van der Waals surface area (Å²) in [5, 5.41) is 19.7. The third kappa shape index (κ3) is 1.65. The van der Waals surface area contributed by atoms with Crippen LogP contribution in [-0.2, 0) is 0 Å². The zero-order valence-corrected chi connectivity index (χ0v) is 7.94. The molecule has 0 bridgehead atoms. The molecule has 0 spiro atoms. The van der Waals surface area contributed by atoms with Gasteiger partial charge in [-0.05, 0) is 11.3 Å². The molecule has 2 aromatic heterocycles. The van der Waals surface area contributed by atoms with Gasteiger partial charge in [-0.3, -0.25) is 5.10 Å². The van der Waals surface area contributed by atoms with Crippen LogP contribution in [0.2, 0.25) is 0 Å². The minimum atomic E-state index is 0. The van der Waals surface area contributed by atoms with Crippen LogP contribution < -0.4 is 29.6 Å². The van der Waals surface area contributed by atoms with Crippen molar-refractivity contribution in [2.45, 2.75) is 0 Å². The molecule has 0 saturated heterocycles. The fraction of sp³-hybridized carbons (Fsp3) is 0. The maximum Gasteiger partial charge on any atom is 1.00 e. The van der Waals surface area contributed by atoms with Gasteiger partial charge in [-0.15, -0.1) is 10.2 Å². The van der Waals surface area contributed by atoms with Gasteiger partial charge in [0.1, 0.15) is 5.69 Å². The molecule has 2 heterocycles. The quantitative estimate of drug-likeness (QED) is 0.428. The van der Waals surface area contributed by atoms with Crippen LogP contribution in [0.15, 0.2) is 12.3 Å². The summed E-state index contributed by atoms with van der Waals surface area (Å²) in [6, 6.07) is 1.77. The Kier molecular flexibility index (Phi) is 2.75. The molecule has 0 aliphatic heterocycles. The molecule has 0 saturated carbocycles. The number of tetrazole rings is 1. The molecule has 0 aliphatic carbocycles. The molecule has 0 atom stereocenters. The zero-order valence-electron chi connectivity index (χ0n) is 6.94. The van der Waals surface area contributed by atoms with E-state index in [2.05, 4.69) is 30.8 Å². The van der Waals surface area contributed by atoms with Crippen molar-refractivity contribution < 1.29 is 31.0 Å². The molecule has 2 rings (SSSR count). The average molecular weight is 160 g/mol. The molecule has 0 unspecified atom stereocenters. The second-order valence-corrected chi connectivity index (χ2v) is 1.71. The van der Waals surface area contributed by atoms with Crippen molar-refractivity contribution >= 4 is 0 Å². The molecule has 0 amide bonds. The summed E-state index contributed by atoms with van der Waals surface area (Å²) in [5.41, 5.74) is 0.758. The Hall–Kier alpha value is -0.720. The summed E-state index contributed by atoms with van der Waals surface area (Å²) >= 11 is 0. The molecule has 7 heteroatoms. The van der Waals surface area contributed by atoms with E-state index < -0.39 is 0 Å². The van der Waals surface area contributed by atoms with Gasteiger partial charge in [0.05, 0.1) is 0 Å².